The largest absolute Gasteiger partial charge is 0.494 e. The van der Waals surface area contributed by atoms with Crippen LogP contribution < -0.4 is 36.2 Å². The van der Waals surface area contributed by atoms with Gasteiger partial charge in [0.05, 0.1) is 51.1 Å². The molecule has 0 aliphatic carbocycles. The Morgan fingerprint density at radius 1 is 0.892 bits per heavy atom. The number of methoxy groups -OCH3 is 1. The molecule has 0 spiro atoms. The maximum atomic E-state index is 13.6. The van der Waals surface area contributed by atoms with Crippen molar-refractivity contribution in [3.8, 4) is 16.9 Å². The van der Waals surface area contributed by atoms with Crippen molar-refractivity contribution >= 4 is 97.6 Å². The van der Waals surface area contributed by atoms with Crippen molar-refractivity contribution in [2.45, 2.75) is 18.9 Å². The molecular formula is C44H45BrN13O6P. The predicted octanol–water partition coefficient (Wildman–Crippen LogP) is 4.96. The van der Waals surface area contributed by atoms with E-state index < -0.39 is 36.8 Å². The van der Waals surface area contributed by atoms with Crippen molar-refractivity contribution in [1.82, 2.24) is 44.8 Å². The minimum atomic E-state index is -2.82. The smallest absolute Gasteiger partial charge is 0.262 e. The van der Waals surface area contributed by atoms with Gasteiger partial charge in [0, 0.05) is 106 Å². The van der Waals surface area contributed by atoms with Crippen LogP contribution in [0.2, 0.25) is 0 Å². The number of carbonyl (C=O) groups is 4. The van der Waals surface area contributed by atoms with Gasteiger partial charge in [-0.2, -0.15) is 10.1 Å². The van der Waals surface area contributed by atoms with E-state index in [4.69, 9.17) is 9.72 Å². The standard InChI is InChI=1S/C44H45BrN13O6P/c1-55-24-25(22-50-55)28-20-33(52-44-49-23-30(45)40(54-44)51-32-8-7-31-38(48-12-11-47-31)39(32)65(3,4)63)36(64-2)21-35(28)57-17-15-56(16-18-57)14-13-46-26-5-6-27-29(19-26)43(62)58(42(27)61)34-9-10-37(59)53-41(34)60/h5-8,11-12,19-24,34,46H,9-10,13-18H2,1-4H3,(H,53,59,60)(H2,49,51,52,54). The summed E-state index contributed by atoms with van der Waals surface area (Å²) < 4.78 is 21.9. The van der Waals surface area contributed by atoms with Crippen LogP contribution >= 0.6 is 23.1 Å². The van der Waals surface area contributed by atoms with Crippen LogP contribution in [-0.4, -0.2) is 129 Å². The Hall–Kier alpha value is -6.76. The lowest BCUT2D eigenvalue weighted by Gasteiger charge is -2.37. The number of piperazine rings is 1. The minimum Gasteiger partial charge on any atom is -0.494 e. The molecule has 21 heteroatoms. The van der Waals surface area contributed by atoms with Gasteiger partial charge in [-0.25, -0.2) is 4.98 Å². The highest BCUT2D eigenvalue weighted by Gasteiger charge is 2.44. The van der Waals surface area contributed by atoms with Gasteiger partial charge in [-0.3, -0.25) is 48.9 Å². The van der Waals surface area contributed by atoms with Crippen molar-refractivity contribution in [3.63, 3.8) is 0 Å². The maximum Gasteiger partial charge on any atom is 0.262 e. The molecule has 6 aromatic rings. The summed E-state index contributed by atoms with van der Waals surface area (Å²) in [6.45, 7) is 7.79. The van der Waals surface area contributed by atoms with E-state index >= 15 is 0 Å². The van der Waals surface area contributed by atoms with Gasteiger partial charge in [0.2, 0.25) is 17.8 Å². The van der Waals surface area contributed by atoms with Crippen molar-refractivity contribution in [3.05, 3.63) is 89.0 Å². The van der Waals surface area contributed by atoms with Gasteiger partial charge in [0.15, 0.2) is 0 Å². The number of aromatic nitrogens is 6. The Morgan fingerprint density at radius 3 is 2.42 bits per heavy atom. The first-order valence-electron chi connectivity index (χ1n) is 20.9. The van der Waals surface area contributed by atoms with Crippen molar-refractivity contribution in [2.24, 2.45) is 7.05 Å². The van der Waals surface area contributed by atoms with Crippen molar-refractivity contribution in [1.29, 1.82) is 0 Å². The van der Waals surface area contributed by atoms with E-state index in [1.807, 2.05) is 43.7 Å². The van der Waals surface area contributed by atoms with Crippen LogP contribution in [0.5, 0.6) is 5.75 Å². The second-order valence-corrected chi connectivity index (χ2v) is 20.3. The van der Waals surface area contributed by atoms with Gasteiger partial charge in [0.1, 0.15) is 30.3 Å². The molecule has 19 nitrogen and oxygen atoms in total. The number of aryl methyl sites for hydroxylation is 1. The summed E-state index contributed by atoms with van der Waals surface area (Å²) in [6, 6.07) is 11.7. The molecule has 0 saturated carbocycles. The minimum absolute atomic E-state index is 0.0653. The number of imide groups is 2. The zero-order valence-corrected chi connectivity index (χ0v) is 38.4. The number of hydrogen-bond donors (Lipinski definition) is 4. The summed E-state index contributed by atoms with van der Waals surface area (Å²) >= 11 is 3.58. The molecule has 65 heavy (non-hydrogen) atoms. The predicted molar refractivity (Wildman–Crippen MR) is 250 cm³/mol. The van der Waals surface area contributed by atoms with Crippen LogP contribution in [0, 0.1) is 0 Å². The zero-order valence-electron chi connectivity index (χ0n) is 36.0. The van der Waals surface area contributed by atoms with E-state index in [1.54, 1.807) is 61.9 Å². The summed E-state index contributed by atoms with van der Waals surface area (Å²) in [5.41, 5.74) is 6.47. The number of carbonyl (C=O) groups excluding carboxylic acids is 4. The Labute approximate surface area is 381 Å². The fraction of sp³-hybridized carbons (Fsp3) is 0.295. The average molecular weight is 963 g/mol. The molecule has 3 aromatic heterocycles. The Kier molecular flexibility index (Phi) is 11.8. The van der Waals surface area contributed by atoms with Crippen molar-refractivity contribution < 1.29 is 28.5 Å². The molecule has 3 aliphatic heterocycles. The van der Waals surface area contributed by atoms with Crippen LogP contribution in [0.4, 0.5) is 34.5 Å². The van der Waals surface area contributed by atoms with Gasteiger partial charge in [0.25, 0.3) is 11.8 Å². The highest BCUT2D eigenvalue weighted by molar-refractivity contribution is 9.10. The fourth-order valence-corrected chi connectivity index (χ4v) is 10.2. The van der Waals surface area contributed by atoms with Gasteiger partial charge < -0.3 is 30.2 Å². The number of fused-ring (bicyclic) bond motifs is 2. The monoisotopic (exact) mass is 961 g/mol. The third-order valence-corrected chi connectivity index (χ3v) is 13.7. The number of nitrogens with one attached hydrogen (secondary N) is 4. The first-order valence-corrected chi connectivity index (χ1v) is 24.3. The number of hydrogen-bond acceptors (Lipinski definition) is 16. The number of anilines is 6. The molecule has 4 N–H and O–H groups in total. The van der Waals surface area contributed by atoms with Gasteiger partial charge in [-0.15, -0.1) is 0 Å². The molecule has 2 fully saturated rings. The van der Waals surface area contributed by atoms with E-state index in [1.165, 1.54) is 0 Å². The highest BCUT2D eigenvalue weighted by Crippen LogP contribution is 2.43. The van der Waals surface area contributed by atoms with Crippen LogP contribution in [0.1, 0.15) is 33.6 Å². The quantitative estimate of drug-likeness (QED) is 0.0887. The number of benzene rings is 3. The number of ether oxygens (including phenoxy) is 1. The third-order valence-electron chi connectivity index (χ3n) is 11.6. The van der Waals surface area contributed by atoms with Gasteiger partial charge >= 0.3 is 0 Å². The molecule has 334 valence electrons. The summed E-state index contributed by atoms with van der Waals surface area (Å²) in [5, 5.41) is 17.4. The Morgan fingerprint density at radius 2 is 1.68 bits per heavy atom. The molecule has 4 amide bonds. The molecule has 1 unspecified atom stereocenters. The zero-order chi connectivity index (χ0) is 45.6. The van der Waals surface area contributed by atoms with E-state index in [0.717, 1.165) is 54.4 Å². The van der Waals surface area contributed by atoms with Crippen LogP contribution in [-0.2, 0) is 21.2 Å². The van der Waals surface area contributed by atoms with Crippen LogP contribution in [0.15, 0.2) is 77.9 Å². The highest BCUT2D eigenvalue weighted by atomic mass is 79.9. The summed E-state index contributed by atoms with van der Waals surface area (Å²) in [4.78, 5) is 74.5. The lowest BCUT2D eigenvalue weighted by atomic mass is 10.0. The molecular weight excluding hydrogens is 917 g/mol. The fourth-order valence-electron chi connectivity index (χ4n) is 8.47. The molecule has 2 saturated heterocycles. The molecule has 6 heterocycles. The summed E-state index contributed by atoms with van der Waals surface area (Å²) in [5.74, 6) is -0.780. The number of nitrogens with zero attached hydrogens (tertiary/aromatic N) is 9. The van der Waals surface area contributed by atoms with Crippen LogP contribution in [0.25, 0.3) is 22.2 Å². The summed E-state index contributed by atoms with van der Waals surface area (Å²) in [7, 11) is 0.677. The second-order valence-electron chi connectivity index (χ2n) is 16.3. The van der Waals surface area contributed by atoms with Gasteiger partial charge in [-0.1, -0.05) is 0 Å². The van der Waals surface area contributed by atoms with Crippen molar-refractivity contribution in [2.75, 3.05) is 80.6 Å². The maximum absolute atomic E-state index is 13.6. The number of halogens is 1. The second kappa shape index (κ2) is 17.7. The molecule has 1 atom stereocenters. The molecule has 9 rings (SSSR count). The molecule has 0 bridgehead atoms. The lowest BCUT2D eigenvalue weighted by molar-refractivity contribution is -0.136. The normalized spacial score (nSPS) is 16.8. The van der Waals surface area contributed by atoms with Crippen LogP contribution in [0.3, 0.4) is 0 Å². The third kappa shape index (κ3) is 8.76. The first-order chi connectivity index (χ1) is 31.2. The van der Waals surface area contributed by atoms with Gasteiger partial charge in [-0.05, 0) is 72.1 Å². The number of piperidine rings is 1. The lowest BCUT2D eigenvalue weighted by Crippen LogP contribution is -2.54. The van der Waals surface area contributed by atoms with E-state index in [0.29, 0.717) is 61.9 Å². The van der Waals surface area contributed by atoms with E-state index in [-0.39, 0.29) is 24.0 Å². The number of amides is 4. The average Bonchev–Trinajstić information content (AvgIpc) is 3.83. The van der Waals surface area contributed by atoms with E-state index in [9.17, 15) is 23.7 Å². The number of rotatable bonds is 13. The summed E-state index contributed by atoms with van der Waals surface area (Å²) in [6.07, 6.45) is 8.80. The first kappa shape index (κ1) is 43.5. The molecule has 0 radical (unpaired) electrons. The Bertz CT molecular complexity index is 2950. The van der Waals surface area contributed by atoms with E-state index in [2.05, 4.69) is 67.0 Å². The topological polar surface area (TPSA) is 222 Å². The molecule has 3 aliphatic rings. The molecule has 3 aromatic carbocycles. The Balaban J connectivity index is 0.881. The SMILES string of the molecule is COc1cc(N2CCN(CCNc3ccc4c(c3)C(=O)N(C3CCC(=O)NC3=O)C4=O)CC2)c(-c2cnn(C)c2)cc1Nc1ncc(Br)c(Nc2ccc3nccnc3c2P(C)(C)=O)n1.